The summed E-state index contributed by atoms with van der Waals surface area (Å²) >= 11 is 5.57. The highest BCUT2D eigenvalue weighted by atomic mass is 35.5. The Labute approximate surface area is 121 Å². The Bertz CT molecular complexity index is 604. The molecule has 0 aliphatic heterocycles. The van der Waals surface area contributed by atoms with Crippen molar-refractivity contribution < 1.29 is 13.5 Å². The van der Waals surface area contributed by atoms with E-state index in [4.69, 9.17) is 16.3 Å². The highest BCUT2D eigenvalue weighted by Crippen LogP contribution is 2.27. The average molecular weight is 298 g/mol. The van der Waals surface area contributed by atoms with Gasteiger partial charge in [-0.15, -0.1) is 0 Å². The fraction of sp³-hybridized carbons (Fsp3) is 0.200. The van der Waals surface area contributed by atoms with Crippen LogP contribution in [0, 0.1) is 11.6 Å². The van der Waals surface area contributed by atoms with E-state index in [9.17, 15) is 8.78 Å². The van der Waals surface area contributed by atoms with E-state index in [2.05, 4.69) is 5.32 Å². The van der Waals surface area contributed by atoms with Crippen LogP contribution in [0.1, 0.15) is 12.5 Å². The molecule has 20 heavy (non-hydrogen) atoms. The molecule has 0 saturated carbocycles. The monoisotopic (exact) mass is 297 g/mol. The molecule has 0 amide bonds. The molecular formula is C15H14ClF2NO. The summed E-state index contributed by atoms with van der Waals surface area (Å²) < 4.78 is 32.5. The number of hydrogen-bond donors (Lipinski definition) is 1. The van der Waals surface area contributed by atoms with Crippen LogP contribution in [0.15, 0.2) is 36.4 Å². The van der Waals surface area contributed by atoms with Gasteiger partial charge >= 0.3 is 0 Å². The van der Waals surface area contributed by atoms with Crippen molar-refractivity contribution in [2.24, 2.45) is 0 Å². The largest absolute Gasteiger partial charge is 0.454 e. The predicted molar refractivity (Wildman–Crippen MR) is 75.3 cm³/mol. The third-order valence-electron chi connectivity index (χ3n) is 2.69. The van der Waals surface area contributed by atoms with E-state index in [-0.39, 0.29) is 16.5 Å². The molecule has 1 N–H and O–H groups in total. The van der Waals surface area contributed by atoms with Gasteiger partial charge in [-0.25, -0.2) is 8.78 Å². The Morgan fingerprint density at radius 3 is 2.55 bits per heavy atom. The molecule has 0 spiro atoms. The van der Waals surface area contributed by atoms with Crippen LogP contribution in [0.2, 0.25) is 5.02 Å². The van der Waals surface area contributed by atoms with Gasteiger partial charge in [-0.1, -0.05) is 24.6 Å². The Kier molecular flexibility index (Phi) is 4.93. The van der Waals surface area contributed by atoms with Gasteiger partial charge < -0.3 is 10.1 Å². The van der Waals surface area contributed by atoms with E-state index in [1.807, 2.05) is 6.92 Å². The van der Waals surface area contributed by atoms with Gasteiger partial charge in [0.25, 0.3) is 0 Å². The Hall–Kier alpha value is -1.65. The Morgan fingerprint density at radius 1 is 1.10 bits per heavy atom. The first-order valence-corrected chi connectivity index (χ1v) is 6.60. The Balaban J connectivity index is 2.14. The van der Waals surface area contributed by atoms with Crippen LogP contribution in [0.25, 0.3) is 0 Å². The zero-order valence-corrected chi connectivity index (χ0v) is 11.7. The van der Waals surface area contributed by atoms with Crippen molar-refractivity contribution in [2.45, 2.75) is 13.5 Å². The summed E-state index contributed by atoms with van der Waals surface area (Å²) in [7, 11) is 0. The molecule has 2 rings (SSSR count). The highest BCUT2D eigenvalue weighted by molar-refractivity contribution is 6.30. The molecule has 0 aliphatic carbocycles. The molecule has 0 fully saturated rings. The molecule has 0 aromatic heterocycles. The van der Waals surface area contributed by atoms with E-state index in [1.165, 1.54) is 24.3 Å². The van der Waals surface area contributed by atoms with E-state index >= 15 is 0 Å². The van der Waals surface area contributed by atoms with Crippen LogP contribution >= 0.6 is 11.6 Å². The van der Waals surface area contributed by atoms with Crippen LogP contribution in [-0.4, -0.2) is 6.54 Å². The number of halogens is 3. The summed E-state index contributed by atoms with van der Waals surface area (Å²) in [6.07, 6.45) is 0. The first kappa shape index (κ1) is 14.8. The summed E-state index contributed by atoms with van der Waals surface area (Å²) in [5.74, 6) is -0.846. The first-order valence-electron chi connectivity index (χ1n) is 6.22. The van der Waals surface area contributed by atoms with Crippen LogP contribution in [0.5, 0.6) is 11.5 Å². The van der Waals surface area contributed by atoms with Gasteiger partial charge in [-0.05, 0) is 36.4 Å². The molecule has 0 aliphatic rings. The number of ether oxygens (including phenoxy) is 1. The smallest absolute Gasteiger partial charge is 0.166 e. The van der Waals surface area contributed by atoms with Crippen molar-refractivity contribution >= 4 is 11.6 Å². The van der Waals surface area contributed by atoms with Crippen molar-refractivity contribution in [3.05, 3.63) is 58.6 Å². The minimum Gasteiger partial charge on any atom is -0.454 e. The maximum absolute atomic E-state index is 13.9. The molecule has 2 aromatic carbocycles. The van der Waals surface area contributed by atoms with Crippen molar-refractivity contribution in [3.8, 4) is 11.5 Å². The average Bonchev–Trinajstić information content (AvgIpc) is 2.43. The number of rotatable bonds is 5. The second kappa shape index (κ2) is 6.68. The second-order valence-electron chi connectivity index (χ2n) is 4.22. The number of nitrogens with one attached hydrogen (secondary N) is 1. The van der Waals surface area contributed by atoms with Gasteiger partial charge in [0.15, 0.2) is 11.6 Å². The minimum absolute atomic E-state index is 0.00110. The molecule has 0 bridgehead atoms. The Morgan fingerprint density at radius 2 is 1.90 bits per heavy atom. The predicted octanol–water partition coefficient (Wildman–Crippen LogP) is 4.52. The fourth-order valence-electron chi connectivity index (χ4n) is 1.67. The molecule has 0 atom stereocenters. The summed E-state index contributed by atoms with van der Waals surface area (Å²) in [6.45, 7) is 3.37. The van der Waals surface area contributed by atoms with Crippen molar-refractivity contribution in [1.29, 1.82) is 0 Å². The molecule has 0 heterocycles. The zero-order valence-electron chi connectivity index (χ0n) is 10.9. The fourth-order valence-corrected chi connectivity index (χ4v) is 1.79. The summed E-state index contributed by atoms with van der Waals surface area (Å²) in [5.41, 5.74) is 0.819. The lowest BCUT2D eigenvalue weighted by molar-refractivity contribution is 0.438. The van der Waals surface area contributed by atoms with E-state index in [0.717, 1.165) is 18.2 Å². The van der Waals surface area contributed by atoms with Gasteiger partial charge in [0.2, 0.25) is 0 Å². The zero-order chi connectivity index (χ0) is 14.5. The van der Waals surface area contributed by atoms with Crippen LogP contribution in [0.3, 0.4) is 0 Å². The molecule has 0 radical (unpaired) electrons. The molecule has 0 saturated heterocycles. The van der Waals surface area contributed by atoms with Crippen LogP contribution in [-0.2, 0) is 6.54 Å². The molecule has 5 heteroatoms. The highest BCUT2D eigenvalue weighted by Gasteiger charge is 2.08. The summed E-state index contributed by atoms with van der Waals surface area (Å²) in [5, 5.41) is 3.10. The van der Waals surface area contributed by atoms with Gasteiger partial charge in [0, 0.05) is 12.6 Å². The standard InChI is InChI=1S/C15H14ClF2NO/c1-2-19-9-10-3-6-15(14(18)7-10)20-11-4-5-12(16)13(17)8-11/h3-8,19H,2,9H2,1H3. The van der Waals surface area contributed by atoms with E-state index < -0.39 is 11.6 Å². The van der Waals surface area contributed by atoms with Gasteiger partial charge in [-0.2, -0.15) is 0 Å². The molecular weight excluding hydrogens is 284 g/mol. The van der Waals surface area contributed by atoms with Crippen molar-refractivity contribution in [2.75, 3.05) is 6.54 Å². The molecule has 2 nitrogen and oxygen atoms in total. The molecule has 0 unspecified atom stereocenters. The minimum atomic E-state index is -0.603. The topological polar surface area (TPSA) is 21.3 Å². The van der Waals surface area contributed by atoms with Gasteiger partial charge in [0.05, 0.1) is 5.02 Å². The third-order valence-corrected chi connectivity index (χ3v) is 3.00. The second-order valence-corrected chi connectivity index (χ2v) is 4.63. The van der Waals surface area contributed by atoms with Gasteiger partial charge in [-0.3, -0.25) is 0 Å². The maximum Gasteiger partial charge on any atom is 0.166 e. The molecule has 106 valence electrons. The van der Waals surface area contributed by atoms with Crippen LogP contribution in [0.4, 0.5) is 8.78 Å². The quantitative estimate of drug-likeness (QED) is 0.876. The SMILES string of the molecule is CCNCc1ccc(Oc2ccc(Cl)c(F)c2)c(F)c1. The first-order chi connectivity index (χ1) is 9.60. The van der Waals surface area contributed by atoms with Gasteiger partial charge in [0.1, 0.15) is 11.6 Å². The normalized spacial score (nSPS) is 10.6. The summed E-state index contributed by atoms with van der Waals surface area (Å²) in [6, 6.07) is 8.64. The van der Waals surface area contributed by atoms with Crippen LogP contribution < -0.4 is 10.1 Å². The summed E-state index contributed by atoms with van der Waals surface area (Å²) in [4.78, 5) is 0. The maximum atomic E-state index is 13.9. The third kappa shape index (κ3) is 3.68. The number of hydrogen-bond acceptors (Lipinski definition) is 2. The molecule has 2 aromatic rings. The van der Waals surface area contributed by atoms with E-state index in [0.29, 0.717) is 6.54 Å². The van der Waals surface area contributed by atoms with E-state index in [1.54, 1.807) is 6.07 Å². The number of benzene rings is 2. The lowest BCUT2D eigenvalue weighted by Crippen LogP contribution is -2.11. The van der Waals surface area contributed by atoms with Crippen molar-refractivity contribution in [1.82, 2.24) is 5.32 Å². The lowest BCUT2D eigenvalue weighted by atomic mass is 10.2. The lowest BCUT2D eigenvalue weighted by Gasteiger charge is -2.09. The van der Waals surface area contributed by atoms with Crippen molar-refractivity contribution in [3.63, 3.8) is 0 Å².